The van der Waals surface area contributed by atoms with E-state index < -0.39 is 10.8 Å². The predicted octanol–water partition coefficient (Wildman–Crippen LogP) is 2.73. The average Bonchev–Trinajstić information content (AvgIpc) is 2.86. The minimum Gasteiger partial charge on any atom is -0.298 e. The van der Waals surface area contributed by atoms with E-state index in [-0.39, 0.29) is 11.2 Å². The molecule has 4 fully saturated rings. The van der Waals surface area contributed by atoms with Crippen molar-refractivity contribution in [3.05, 3.63) is 30.1 Å². The van der Waals surface area contributed by atoms with Crippen LogP contribution in [0, 0.1) is 23.2 Å². The van der Waals surface area contributed by atoms with E-state index in [2.05, 4.69) is 4.98 Å². The average molecular weight is 303 g/mol. The molecule has 21 heavy (non-hydrogen) atoms. The highest BCUT2D eigenvalue weighted by Crippen LogP contribution is 2.65. The third kappa shape index (κ3) is 2.28. The maximum absolute atomic E-state index is 12.8. The molecule has 0 N–H and O–H groups in total. The van der Waals surface area contributed by atoms with Crippen molar-refractivity contribution in [1.29, 1.82) is 0 Å². The smallest absolute Gasteiger partial charge is 0.151 e. The van der Waals surface area contributed by atoms with Crippen LogP contribution in [-0.2, 0) is 21.3 Å². The molecule has 0 aliphatic heterocycles. The molecule has 0 spiro atoms. The summed E-state index contributed by atoms with van der Waals surface area (Å²) in [6.07, 6.45) is 9.45. The first-order valence-corrected chi connectivity index (χ1v) is 9.42. The van der Waals surface area contributed by atoms with E-state index in [1.807, 2.05) is 12.1 Å². The third-order valence-corrected chi connectivity index (χ3v) is 7.13. The maximum atomic E-state index is 12.8. The number of carbonyl (C=O) groups is 1. The Hall–Kier alpha value is -1.03. The van der Waals surface area contributed by atoms with E-state index in [0.29, 0.717) is 17.5 Å². The van der Waals surface area contributed by atoms with Crippen LogP contribution >= 0.6 is 0 Å². The van der Waals surface area contributed by atoms with Crippen molar-refractivity contribution in [2.75, 3.05) is 5.75 Å². The Morgan fingerprint density at radius 2 is 2.05 bits per heavy atom. The van der Waals surface area contributed by atoms with Gasteiger partial charge in [0, 0.05) is 28.6 Å². The van der Waals surface area contributed by atoms with Gasteiger partial charge in [-0.1, -0.05) is 6.07 Å². The summed E-state index contributed by atoms with van der Waals surface area (Å²) in [5.74, 6) is 3.14. The second kappa shape index (κ2) is 5.01. The van der Waals surface area contributed by atoms with Crippen LogP contribution in [0.4, 0.5) is 0 Å². The van der Waals surface area contributed by atoms with E-state index in [9.17, 15) is 9.00 Å². The lowest BCUT2D eigenvalue weighted by Gasteiger charge is -2.31. The van der Waals surface area contributed by atoms with Crippen molar-refractivity contribution >= 4 is 16.6 Å². The molecular weight excluding hydrogens is 282 g/mol. The first-order chi connectivity index (χ1) is 10.2. The van der Waals surface area contributed by atoms with Crippen LogP contribution < -0.4 is 0 Å². The fourth-order valence-corrected chi connectivity index (χ4v) is 6.49. The van der Waals surface area contributed by atoms with Gasteiger partial charge in [0.05, 0.1) is 11.5 Å². The molecule has 0 saturated heterocycles. The van der Waals surface area contributed by atoms with Crippen LogP contribution in [0.15, 0.2) is 24.5 Å². The zero-order valence-electron chi connectivity index (χ0n) is 12.2. The number of hydrogen-bond donors (Lipinski definition) is 0. The molecule has 4 bridgehead atoms. The fourth-order valence-electron chi connectivity index (χ4n) is 5.26. The van der Waals surface area contributed by atoms with Gasteiger partial charge in [-0.25, -0.2) is 0 Å². The zero-order chi connectivity index (χ0) is 14.4. The van der Waals surface area contributed by atoms with Crippen molar-refractivity contribution in [1.82, 2.24) is 4.98 Å². The number of pyridine rings is 1. The largest absolute Gasteiger partial charge is 0.298 e. The van der Waals surface area contributed by atoms with Gasteiger partial charge in [0.15, 0.2) is 5.78 Å². The third-order valence-electron chi connectivity index (χ3n) is 5.89. The van der Waals surface area contributed by atoms with Crippen LogP contribution in [0.5, 0.6) is 0 Å². The quantitative estimate of drug-likeness (QED) is 0.840. The molecule has 4 aliphatic rings. The Balaban J connectivity index is 1.43. The standard InChI is InChI=1S/C17H21NO2S/c19-16(11-21(20)10-12-2-1-3-18-9-12)17-7-13-4-14(8-17)6-15(17)5-13/h1-3,9,13-15H,4-8,10-11H2. The Bertz CT molecular complexity index is 572. The van der Waals surface area contributed by atoms with Gasteiger partial charge in [-0.3, -0.25) is 14.0 Å². The van der Waals surface area contributed by atoms with E-state index in [4.69, 9.17) is 0 Å². The topological polar surface area (TPSA) is 47.0 Å². The van der Waals surface area contributed by atoms with Crippen LogP contribution in [0.3, 0.4) is 0 Å². The summed E-state index contributed by atoms with van der Waals surface area (Å²) in [6, 6.07) is 3.78. The second-order valence-corrected chi connectivity index (χ2v) is 8.67. The molecule has 1 aromatic heterocycles. The van der Waals surface area contributed by atoms with E-state index in [1.165, 1.54) is 19.3 Å². The zero-order valence-corrected chi connectivity index (χ0v) is 13.0. The first-order valence-electron chi connectivity index (χ1n) is 7.93. The summed E-state index contributed by atoms with van der Waals surface area (Å²) < 4.78 is 12.3. The number of aromatic nitrogens is 1. The van der Waals surface area contributed by atoms with E-state index >= 15 is 0 Å². The number of Topliss-reactive ketones (excluding diaryl/α,β-unsaturated/α-hetero) is 1. The van der Waals surface area contributed by atoms with Crippen molar-refractivity contribution < 1.29 is 9.00 Å². The highest BCUT2D eigenvalue weighted by molar-refractivity contribution is 7.84. The van der Waals surface area contributed by atoms with Crippen LogP contribution in [0.2, 0.25) is 0 Å². The van der Waals surface area contributed by atoms with E-state index in [1.54, 1.807) is 12.4 Å². The molecule has 1 aromatic rings. The lowest BCUT2D eigenvalue weighted by Crippen LogP contribution is -2.36. The van der Waals surface area contributed by atoms with E-state index in [0.717, 1.165) is 30.2 Å². The van der Waals surface area contributed by atoms with Gasteiger partial charge >= 0.3 is 0 Å². The van der Waals surface area contributed by atoms with Crippen molar-refractivity contribution in [2.24, 2.45) is 23.2 Å². The molecular formula is C17H21NO2S. The number of carbonyl (C=O) groups excluding carboxylic acids is 1. The van der Waals surface area contributed by atoms with Crippen LogP contribution in [-0.4, -0.2) is 20.7 Å². The molecule has 112 valence electrons. The van der Waals surface area contributed by atoms with Crippen LogP contribution in [0.1, 0.15) is 37.7 Å². The number of ketones is 1. The predicted molar refractivity (Wildman–Crippen MR) is 81.9 cm³/mol. The highest BCUT2D eigenvalue weighted by Gasteiger charge is 2.60. The van der Waals surface area contributed by atoms with Gasteiger partial charge in [0.25, 0.3) is 0 Å². The lowest BCUT2D eigenvalue weighted by atomic mass is 9.73. The molecule has 5 rings (SSSR count). The highest BCUT2D eigenvalue weighted by atomic mass is 32.2. The summed E-state index contributed by atoms with van der Waals surface area (Å²) in [5, 5.41) is 0. The minimum atomic E-state index is -1.10. The number of nitrogens with zero attached hydrogens (tertiary/aromatic N) is 1. The first kappa shape index (κ1) is 13.6. The SMILES string of the molecule is O=C(CS(=O)Cc1cccnc1)C12CC3CC(CC1C3)C2. The van der Waals surface area contributed by atoms with Gasteiger partial charge < -0.3 is 0 Å². The van der Waals surface area contributed by atoms with Gasteiger partial charge in [-0.2, -0.15) is 0 Å². The molecule has 0 aromatic carbocycles. The Morgan fingerprint density at radius 3 is 2.71 bits per heavy atom. The molecule has 0 radical (unpaired) electrons. The molecule has 3 nitrogen and oxygen atoms in total. The molecule has 1 heterocycles. The fraction of sp³-hybridized carbons (Fsp3) is 0.647. The summed E-state index contributed by atoms with van der Waals surface area (Å²) in [7, 11) is -1.10. The molecule has 0 amide bonds. The van der Waals surface area contributed by atoms with Crippen molar-refractivity contribution in [2.45, 2.75) is 37.9 Å². The second-order valence-electron chi connectivity index (χ2n) is 7.21. The molecule has 4 heteroatoms. The Morgan fingerprint density at radius 1 is 1.29 bits per heavy atom. The van der Waals surface area contributed by atoms with Crippen LogP contribution in [0.25, 0.3) is 0 Å². The summed E-state index contributed by atoms with van der Waals surface area (Å²) >= 11 is 0. The Kier molecular flexibility index (Phi) is 3.25. The maximum Gasteiger partial charge on any atom is 0.151 e. The molecule has 4 aliphatic carbocycles. The number of rotatable bonds is 5. The van der Waals surface area contributed by atoms with Crippen molar-refractivity contribution in [3.63, 3.8) is 0 Å². The van der Waals surface area contributed by atoms with Gasteiger partial charge in [0.2, 0.25) is 0 Å². The Labute approximate surface area is 128 Å². The van der Waals surface area contributed by atoms with Gasteiger partial charge in [0.1, 0.15) is 0 Å². The molecule has 4 saturated carbocycles. The van der Waals surface area contributed by atoms with Crippen molar-refractivity contribution in [3.8, 4) is 0 Å². The summed E-state index contributed by atoms with van der Waals surface area (Å²) in [6.45, 7) is 0. The lowest BCUT2D eigenvalue weighted by molar-refractivity contribution is -0.127. The summed E-state index contributed by atoms with van der Waals surface area (Å²) in [5.41, 5.74) is 0.872. The summed E-state index contributed by atoms with van der Waals surface area (Å²) in [4.78, 5) is 16.8. The van der Waals surface area contributed by atoms with Gasteiger partial charge in [-0.15, -0.1) is 0 Å². The molecule has 3 atom stereocenters. The monoisotopic (exact) mass is 303 g/mol. The van der Waals surface area contributed by atoms with Gasteiger partial charge in [-0.05, 0) is 61.5 Å². The molecule has 3 unspecified atom stereocenters. The normalized spacial score (nSPS) is 37.8. The number of hydrogen-bond acceptors (Lipinski definition) is 3. The minimum absolute atomic E-state index is 0.0851.